The highest BCUT2D eigenvalue weighted by atomic mass is 32.2. The van der Waals surface area contributed by atoms with E-state index in [9.17, 15) is 38.1 Å². The summed E-state index contributed by atoms with van der Waals surface area (Å²) in [7, 11) is -4.17. The van der Waals surface area contributed by atoms with Gasteiger partial charge in [-0.25, -0.2) is 24.0 Å². The fourth-order valence-corrected chi connectivity index (χ4v) is 8.64. The molecule has 0 aliphatic rings. The molecular weight excluding hydrogens is 877 g/mol. The summed E-state index contributed by atoms with van der Waals surface area (Å²) >= 11 is 0. The van der Waals surface area contributed by atoms with Crippen molar-refractivity contribution in [2.45, 2.75) is 38.3 Å². The summed E-state index contributed by atoms with van der Waals surface area (Å²) in [6, 6.07) is 48.4. The van der Waals surface area contributed by atoms with Gasteiger partial charge in [-0.3, -0.25) is 0 Å². The summed E-state index contributed by atoms with van der Waals surface area (Å²) in [5.41, 5.74) is 3.27. The number of tetrazole rings is 1. The van der Waals surface area contributed by atoms with Crippen LogP contribution in [-0.4, -0.2) is 83.2 Å². The van der Waals surface area contributed by atoms with E-state index in [4.69, 9.17) is 10.3 Å². The number of benzene rings is 6. The van der Waals surface area contributed by atoms with Crippen molar-refractivity contribution in [3.8, 4) is 28.3 Å². The van der Waals surface area contributed by atoms with Crippen LogP contribution in [0, 0.1) is 6.92 Å². The highest BCUT2D eigenvalue weighted by Gasteiger charge is 2.42. The minimum absolute atomic E-state index is 0.0749. The molecule has 6 aromatic carbocycles. The summed E-state index contributed by atoms with van der Waals surface area (Å²) in [6.45, 7) is 4.01. The van der Waals surface area contributed by atoms with Crippen molar-refractivity contribution in [3.05, 3.63) is 208 Å². The quantitative estimate of drug-likeness (QED) is 0.0516. The summed E-state index contributed by atoms with van der Waals surface area (Å²) in [6.07, 6.45) is 2.49. The summed E-state index contributed by atoms with van der Waals surface area (Å²) < 4.78 is 29.2. The number of carbonyl (C=O) groups is 3. The van der Waals surface area contributed by atoms with E-state index in [-0.39, 0.29) is 16.8 Å². The van der Waals surface area contributed by atoms with Gasteiger partial charge in [-0.05, 0) is 76.2 Å². The van der Waals surface area contributed by atoms with Crippen LogP contribution in [0.5, 0.6) is 5.75 Å². The van der Waals surface area contributed by atoms with Crippen LogP contribution in [0.1, 0.15) is 84.3 Å². The minimum Gasteiger partial charge on any atom is -0.478 e. The van der Waals surface area contributed by atoms with Crippen LogP contribution in [-0.2, 0) is 27.7 Å². The van der Waals surface area contributed by atoms with Crippen LogP contribution in [0.4, 0.5) is 0 Å². The summed E-state index contributed by atoms with van der Waals surface area (Å²) in [5, 5.41) is 51.5. The SMILES string of the molecule is Cc1cc(C(=O)O)c(OS(C)(=O)=O)c(C(=O)O)c1C(C)(C)O.O=C(O)c1cnc(Cc2ccc(-c3ccccc3-c3nnnn3C(c3ccccc3)(c3ccccc3)c3ccccc3)cc2)[nH]1. The molecule has 0 radical (unpaired) electrons. The van der Waals surface area contributed by atoms with Gasteiger partial charge in [-0.1, -0.05) is 140 Å². The number of aryl methyl sites for hydroxylation is 1. The maximum atomic E-state index is 11.5. The molecule has 8 rings (SSSR count). The zero-order chi connectivity index (χ0) is 48.1. The predicted octanol–water partition coefficient (Wildman–Crippen LogP) is 7.82. The number of aromatic nitrogens is 6. The van der Waals surface area contributed by atoms with Gasteiger partial charge >= 0.3 is 28.0 Å². The number of aromatic amines is 1. The average Bonchev–Trinajstić information content (AvgIpc) is 3.99. The molecule has 0 bridgehead atoms. The van der Waals surface area contributed by atoms with Crippen LogP contribution in [0.3, 0.4) is 0 Å². The van der Waals surface area contributed by atoms with Gasteiger partial charge in [0.05, 0.1) is 18.1 Å². The lowest BCUT2D eigenvalue weighted by atomic mass is 9.77. The van der Waals surface area contributed by atoms with E-state index in [0.717, 1.165) is 45.0 Å². The number of carboxylic acids is 3. The number of hydrogen-bond donors (Lipinski definition) is 5. The first-order valence-corrected chi connectivity index (χ1v) is 22.4. The average molecular weight is 921 g/mol. The van der Waals surface area contributed by atoms with Gasteiger partial charge in [-0.15, -0.1) is 5.10 Å². The molecule has 0 fully saturated rings. The van der Waals surface area contributed by atoms with Gasteiger partial charge in [0.1, 0.15) is 28.2 Å². The molecule has 0 aliphatic carbocycles. The third kappa shape index (κ3) is 9.87. The highest BCUT2D eigenvalue weighted by molar-refractivity contribution is 7.86. The monoisotopic (exact) mass is 920 g/mol. The van der Waals surface area contributed by atoms with E-state index in [1.807, 2.05) is 89.6 Å². The Morgan fingerprint density at radius 2 is 1.24 bits per heavy atom. The second-order valence-electron chi connectivity index (χ2n) is 16.0. The van der Waals surface area contributed by atoms with Gasteiger partial charge < -0.3 is 29.6 Å². The molecule has 0 aliphatic heterocycles. The fraction of sp³-hybridized carbons (Fsp3) is 0.140. The van der Waals surface area contributed by atoms with E-state index in [2.05, 4.69) is 79.1 Å². The maximum Gasteiger partial charge on any atom is 0.353 e. The van der Waals surface area contributed by atoms with Crippen LogP contribution < -0.4 is 4.18 Å². The smallest absolute Gasteiger partial charge is 0.353 e. The molecule has 0 saturated carbocycles. The molecule has 67 heavy (non-hydrogen) atoms. The Hall–Kier alpha value is -8.28. The Morgan fingerprint density at radius 1 is 0.716 bits per heavy atom. The number of nitrogens with zero attached hydrogens (tertiary/aromatic N) is 5. The van der Waals surface area contributed by atoms with Crippen LogP contribution in [0.15, 0.2) is 152 Å². The van der Waals surface area contributed by atoms with E-state index in [1.54, 1.807) is 0 Å². The third-order valence-electron chi connectivity index (χ3n) is 10.8. The lowest BCUT2D eigenvalue weighted by Gasteiger charge is -2.36. The van der Waals surface area contributed by atoms with E-state index >= 15 is 0 Å². The lowest BCUT2D eigenvalue weighted by molar-refractivity contribution is 0.0620. The normalized spacial score (nSPS) is 11.6. The highest BCUT2D eigenvalue weighted by Crippen LogP contribution is 2.43. The van der Waals surface area contributed by atoms with Crippen molar-refractivity contribution in [1.82, 2.24) is 30.2 Å². The van der Waals surface area contributed by atoms with Gasteiger partial charge in [-0.2, -0.15) is 8.42 Å². The molecule has 0 saturated heterocycles. The van der Waals surface area contributed by atoms with Gasteiger partial charge in [0, 0.05) is 17.5 Å². The number of nitrogens with one attached hydrogen (secondary N) is 1. The number of rotatable bonds is 14. The molecule has 340 valence electrons. The van der Waals surface area contributed by atoms with Crippen LogP contribution in [0.25, 0.3) is 22.5 Å². The molecule has 8 aromatic rings. The maximum absolute atomic E-state index is 11.5. The van der Waals surface area contributed by atoms with Gasteiger partial charge in [0.2, 0.25) is 0 Å². The number of H-pyrrole nitrogens is 1. The number of carboxylic acid groups (broad SMARTS) is 3. The Morgan fingerprint density at radius 3 is 1.70 bits per heavy atom. The van der Waals surface area contributed by atoms with E-state index in [1.165, 1.54) is 27.0 Å². The number of aliphatic hydroxyl groups is 1. The molecule has 0 atom stereocenters. The standard InChI is InChI=1S/C37H28N6O2.C13H16O8S/c44-36(45)33-25-38-34(39-33)24-26-20-22-27(23-21-26)31-18-10-11-19-32(31)35-40-41-42-43(35)37(28-12-4-1-5-13-28,29-14-6-2-7-15-29)30-16-8-3-9-17-30;1-6-5-7(11(14)15)10(21-22(4,19)20)8(12(16)17)9(6)13(2,3)18/h1-23,25H,24H2,(H,38,39)(H,44,45);5,18H,1-4H3,(H,14,15)(H,16,17). The molecule has 0 spiro atoms. The number of imidazole rings is 1. The largest absolute Gasteiger partial charge is 0.478 e. The van der Waals surface area contributed by atoms with E-state index < -0.39 is 56.0 Å². The predicted molar refractivity (Wildman–Crippen MR) is 247 cm³/mol. The Bertz CT molecular complexity index is 3090. The Kier molecular flexibility index (Phi) is 13.3. The van der Waals surface area contributed by atoms with Crippen molar-refractivity contribution in [2.75, 3.05) is 6.26 Å². The van der Waals surface area contributed by atoms with Crippen LogP contribution in [0.2, 0.25) is 0 Å². The second kappa shape index (κ2) is 19.1. The zero-order valence-corrected chi connectivity index (χ0v) is 37.3. The fourth-order valence-electron chi connectivity index (χ4n) is 8.16. The van der Waals surface area contributed by atoms with Crippen molar-refractivity contribution in [3.63, 3.8) is 0 Å². The van der Waals surface area contributed by atoms with Crippen molar-refractivity contribution in [1.29, 1.82) is 0 Å². The second-order valence-corrected chi connectivity index (χ2v) is 17.5. The molecule has 5 N–H and O–H groups in total. The topological polar surface area (TPSA) is 248 Å². The third-order valence-corrected chi connectivity index (χ3v) is 11.3. The Labute approximate surface area is 385 Å². The molecule has 16 nitrogen and oxygen atoms in total. The molecule has 0 amide bonds. The van der Waals surface area contributed by atoms with Crippen molar-refractivity contribution < 1.29 is 47.4 Å². The molecule has 17 heteroatoms. The first kappa shape index (κ1) is 46.7. The van der Waals surface area contributed by atoms with Crippen molar-refractivity contribution in [2.24, 2.45) is 0 Å². The first-order chi connectivity index (χ1) is 31.9. The minimum atomic E-state index is -4.17. The van der Waals surface area contributed by atoms with E-state index in [0.29, 0.717) is 24.3 Å². The van der Waals surface area contributed by atoms with Crippen molar-refractivity contribution >= 4 is 28.0 Å². The van der Waals surface area contributed by atoms with Gasteiger partial charge in [0.15, 0.2) is 11.6 Å². The number of aromatic carboxylic acids is 3. The molecule has 2 aromatic heterocycles. The first-order valence-electron chi connectivity index (χ1n) is 20.6. The van der Waals surface area contributed by atoms with Crippen LogP contribution >= 0.6 is 0 Å². The van der Waals surface area contributed by atoms with Gasteiger partial charge in [0.25, 0.3) is 0 Å². The number of hydrogen-bond acceptors (Lipinski definition) is 11. The molecule has 0 unspecified atom stereocenters. The summed E-state index contributed by atoms with van der Waals surface area (Å²) in [4.78, 5) is 41.1. The Balaban J connectivity index is 0.000000256. The summed E-state index contributed by atoms with van der Waals surface area (Å²) in [5.74, 6) is -3.79. The molecule has 2 heterocycles. The lowest BCUT2D eigenvalue weighted by Crippen LogP contribution is -2.39. The molecular formula is C50H44N6O10S. The zero-order valence-electron chi connectivity index (χ0n) is 36.5.